The van der Waals surface area contributed by atoms with Crippen molar-refractivity contribution in [3.8, 4) is 0 Å². The SMILES string of the molecule is O=c1c(=O)n1[C@H]1[C@H]2OC(CO)(C[C@@H]1O)O[C@@H]2[C@H](O)CO. The smallest absolute Gasteiger partial charge is 0.320 e. The minimum atomic E-state index is -1.48. The molecule has 2 saturated heterocycles. The molecule has 0 spiro atoms. The molecule has 1 aromatic rings. The van der Waals surface area contributed by atoms with Crippen molar-refractivity contribution in [2.75, 3.05) is 13.2 Å². The van der Waals surface area contributed by atoms with Crippen molar-refractivity contribution in [3.05, 3.63) is 20.7 Å². The number of fused-ring (bicyclic) bond motifs is 2. The standard InChI is InChI=1S/C11H15NO8/c13-2-5(16)7-8-6(12-9(17)10(12)18)4(15)1-11(3-14,19-7)20-8/h4-8,13-16H,1-3H2/t4-,5+,6+,7+,8+,11?/m0/s1. The van der Waals surface area contributed by atoms with Crippen LogP contribution in [0.2, 0.25) is 0 Å². The monoisotopic (exact) mass is 289 g/mol. The fourth-order valence-electron chi connectivity index (χ4n) is 2.95. The van der Waals surface area contributed by atoms with E-state index in [9.17, 15) is 24.9 Å². The Balaban J connectivity index is 1.96. The molecule has 20 heavy (non-hydrogen) atoms. The quantitative estimate of drug-likeness (QED) is 0.414. The van der Waals surface area contributed by atoms with Gasteiger partial charge in [-0.25, -0.2) is 0 Å². The lowest BCUT2D eigenvalue weighted by Gasteiger charge is -2.37. The van der Waals surface area contributed by atoms with Crippen LogP contribution in [0.15, 0.2) is 9.59 Å². The largest absolute Gasteiger partial charge is 0.394 e. The molecular weight excluding hydrogens is 274 g/mol. The summed E-state index contributed by atoms with van der Waals surface area (Å²) >= 11 is 0. The Morgan fingerprint density at radius 3 is 2.45 bits per heavy atom. The highest BCUT2D eigenvalue weighted by Gasteiger charge is 2.60. The Morgan fingerprint density at radius 1 is 1.30 bits per heavy atom. The first kappa shape index (κ1) is 13.9. The van der Waals surface area contributed by atoms with E-state index < -0.39 is 60.6 Å². The van der Waals surface area contributed by atoms with E-state index in [4.69, 9.17) is 14.6 Å². The number of aromatic nitrogens is 1. The summed E-state index contributed by atoms with van der Waals surface area (Å²) in [5.41, 5.74) is -1.48. The number of rotatable bonds is 4. The number of aliphatic hydroxyl groups is 4. The van der Waals surface area contributed by atoms with Crippen LogP contribution >= 0.6 is 0 Å². The second kappa shape index (κ2) is 4.45. The van der Waals surface area contributed by atoms with Gasteiger partial charge in [0.25, 0.3) is 0 Å². The molecule has 9 nitrogen and oxygen atoms in total. The molecule has 0 amide bonds. The fraction of sp³-hybridized carbons (Fsp3) is 0.818. The summed E-state index contributed by atoms with van der Waals surface area (Å²) in [7, 11) is 0. The van der Waals surface area contributed by atoms with Gasteiger partial charge in [-0.3, -0.25) is 14.2 Å². The van der Waals surface area contributed by atoms with Gasteiger partial charge in [-0.1, -0.05) is 0 Å². The molecule has 3 heterocycles. The summed E-state index contributed by atoms with van der Waals surface area (Å²) in [5, 5.41) is 38.2. The molecule has 1 unspecified atom stereocenters. The van der Waals surface area contributed by atoms with Crippen molar-refractivity contribution in [1.29, 1.82) is 0 Å². The van der Waals surface area contributed by atoms with Gasteiger partial charge >= 0.3 is 11.1 Å². The molecule has 0 aromatic carbocycles. The summed E-state index contributed by atoms with van der Waals surface area (Å²) in [5.74, 6) is -1.48. The average Bonchev–Trinajstić information content (AvgIpc) is 2.87. The van der Waals surface area contributed by atoms with Crippen molar-refractivity contribution < 1.29 is 29.9 Å². The van der Waals surface area contributed by atoms with Crippen LogP contribution in [0.3, 0.4) is 0 Å². The summed E-state index contributed by atoms with van der Waals surface area (Å²) < 4.78 is 11.8. The second-order valence-electron chi connectivity index (χ2n) is 5.23. The summed E-state index contributed by atoms with van der Waals surface area (Å²) in [6, 6.07) is -0.983. The van der Waals surface area contributed by atoms with Gasteiger partial charge in [-0.2, -0.15) is 0 Å². The van der Waals surface area contributed by atoms with Crippen LogP contribution in [0.5, 0.6) is 0 Å². The van der Waals surface area contributed by atoms with Crippen molar-refractivity contribution in [2.45, 2.75) is 42.7 Å². The molecule has 112 valence electrons. The van der Waals surface area contributed by atoms with Crippen LogP contribution in [0, 0.1) is 0 Å². The van der Waals surface area contributed by atoms with Crippen molar-refractivity contribution in [1.82, 2.24) is 4.57 Å². The normalized spacial score (nSPS) is 42.2. The van der Waals surface area contributed by atoms with Crippen LogP contribution in [-0.2, 0) is 9.47 Å². The third kappa shape index (κ3) is 1.79. The van der Waals surface area contributed by atoms with E-state index in [1.807, 2.05) is 0 Å². The van der Waals surface area contributed by atoms with E-state index in [0.29, 0.717) is 0 Å². The number of nitrogens with zero attached hydrogens (tertiary/aromatic N) is 1. The first-order valence-electron chi connectivity index (χ1n) is 6.25. The third-order valence-corrected chi connectivity index (χ3v) is 3.95. The van der Waals surface area contributed by atoms with Gasteiger partial charge in [0, 0.05) is 6.42 Å². The Labute approximate surface area is 112 Å². The number of aliphatic hydroxyl groups excluding tert-OH is 4. The van der Waals surface area contributed by atoms with Gasteiger partial charge in [0.1, 0.15) is 18.3 Å². The predicted octanol–water partition coefficient (Wildman–Crippen LogP) is -3.78. The van der Waals surface area contributed by atoms with Crippen LogP contribution in [0.4, 0.5) is 0 Å². The number of hydrogen-bond acceptors (Lipinski definition) is 8. The van der Waals surface area contributed by atoms with E-state index >= 15 is 0 Å². The van der Waals surface area contributed by atoms with Crippen molar-refractivity contribution >= 4 is 0 Å². The zero-order valence-electron chi connectivity index (χ0n) is 10.4. The van der Waals surface area contributed by atoms with E-state index in [1.54, 1.807) is 0 Å². The first-order valence-corrected chi connectivity index (χ1v) is 6.25. The minimum absolute atomic E-state index is 0.142. The van der Waals surface area contributed by atoms with Crippen LogP contribution in [-0.4, -0.2) is 68.4 Å². The number of hydrogen-bond donors (Lipinski definition) is 4. The Hall–Kier alpha value is -1.10. The van der Waals surface area contributed by atoms with Crippen LogP contribution in [0.25, 0.3) is 0 Å². The molecule has 6 atom stereocenters. The molecular formula is C11H15NO8. The van der Waals surface area contributed by atoms with E-state index in [1.165, 1.54) is 0 Å². The lowest BCUT2D eigenvalue weighted by atomic mass is 9.92. The Kier molecular flexibility index (Phi) is 3.08. The lowest BCUT2D eigenvalue weighted by Crippen LogP contribution is -2.50. The summed E-state index contributed by atoms with van der Waals surface area (Å²) in [4.78, 5) is 22.5. The van der Waals surface area contributed by atoms with Gasteiger partial charge in [-0.05, 0) is 0 Å². The molecule has 9 heteroatoms. The molecule has 0 radical (unpaired) electrons. The average molecular weight is 289 g/mol. The van der Waals surface area contributed by atoms with Gasteiger partial charge in [-0.15, -0.1) is 0 Å². The van der Waals surface area contributed by atoms with Crippen LogP contribution < -0.4 is 11.1 Å². The molecule has 0 saturated carbocycles. The maximum absolute atomic E-state index is 11.2. The maximum Gasteiger partial charge on any atom is 0.320 e. The molecule has 4 N–H and O–H groups in total. The van der Waals surface area contributed by atoms with Crippen LogP contribution in [0.1, 0.15) is 12.5 Å². The van der Waals surface area contributed by atoms with Crippen molar-refractivity contribution in [2.24, 2.45) is 0 Å². The maximum atomic E-state index is 11.2. The predicted molar refractivity (Wildman–Crippen MR) is 61.7 cm³/mol. The zero-order valence-corrected chi connectivity index (χ0v) is 10.4. The highest BCUT2D eigenvalue weighted by molar-refractivity contribution is 5.07. The molecule has 2 fully saturated rings. The van der Waals surface area contributed by atoms with E-state index in [2.05, 4.69) is 0 Å². The highest BCUT2D eigenvalue weighted by Crippen LogP contribution is 2.45. The molecule has 2 aliphatic heterocycles. The third-order valence-electron chi connectivity index (χ3n) is 3.95. The highest BCUT2D eigenvalue weighted by atomic mass is 16.8. The van der Waals surface area contributed by atoms with E-state index in [0.717, 1.165) is 4.57 Å². The molecule has 0 aliphatic carbocycles. The first-order chi connectivity index (χ1) is 9.44. The minimum Gasteiger partial charge on any atom is -0.394 e. The van der Waals surface area contributed by atoms with Crippen molar-refractivity contribution in [3.63, 3.8) is 0 Å². The van der Waals surface area contributed by atoms with Gasteiger partial charge in [0.2, 0.25) is 0 Å². The van der Waals surface area contributed by atoms with Gasteiger partial charge < -0.3 is 29.9 Å². The van der Waals surface area contributed by atoms with E-state index in [-0.39, 0.29) is 6.42 Å². The molecule has 1 aromatic heterocycles. The summed E-state index contributed by atoms with van der Waals surface area (Å²) in [6.45, 7) is -1.17. The topological polar surface area (TPSA) is 138 Å². The number of ether oxygens (including phenoxy) is 2. The molecule has 2 aliphatic rings. The second-order valence-corrected chi connectivity index (χ2v) is 5.23. The van der Waals surface area contributed by atoms with Gasteiger partial charge in [0.05, 0.1) is 25.4 Å². The van der Waals surface area contributed by atoms with Gasteiger partial charge in [0.15, 0.2) is 5.79 Å². The zero-order chi connectivity index (χ0) is 14.7. The summed E-state index contributed by atoms with van der Waals surface area (Å²) in [6.07, 6.45) is -4.63. The molecule has 2 bridgehead atoms. The molecule has 3 rings (SSSR count). The fourth-order valence-corrected chi connectivity index (χ4v) is 2.95. The Morgan fingerprint density at radius 2 is 1.95 bits per heavy atom. The lowest BCUT2D eigenvalue weighted by molar-refractivity contribution is -0.243. The Bertz CT molecular complexity index is 552.